The van der Waals surface area contributed by atoms with Crippen molar-refractivity contribution in [2.75, 3.05) is 30.2 Å². The van der Waals surface area contributed by atoms with Crippen LogP contribution in [0.15, 0.2) is 42.5 Å². The number of benzene rings is 2. The maximum absolute atomic E-state index is 12.3. The quantitative estimate of drug-likeness (QED) is 0.526. The number of halogens is 2. The van der Waals surface area contributed by atoms with Crippen LogP contribution in [0.5, 0.6) is 0 Å². The predicted octanol–water partition coefficient (Wildman–Crippen LogP) is 4.45. The summed E-state index contributed by atoms with van der Waals surface area (Å²) in [7, 11) is -3.57. The van der Waals surface area contributed by atoms with Gasteiger partial charge in [0.1, 0.15) is 0 Å². The zero-order chi connectivity index (χ0) is 23.1. The summed E-state index contributed by atoms with van der Waals surface area (Å²) in [5.74, 6) is -0.128. The van der Waals surface area contributed by atoms with E-state index in [0.29, 0.717) is 23.7 Å². The molecule has 9 heteroatoms. The van der Waals surface area contributed by atoms with Gasteiger partial charge in [-0.3, -0.25) is 14.0 Å². The van der Waals surface area contributed by atoms with Crippen molar-refractivity contribution in [3.8, 4) is 0 Å². The molecule has 0 aromatic heterocycles. The third-order valence-corrected chi connectivity index (χ3v) is 7.19. The van der Waals surface area contributed by atoms with Gasteiger partial charge in [0, 0.05) is 31.1 Å². The molecular weight excluding hydrogens is 469 g/mol. The molecular formula is C23H29Cl2N3O3S. The molecule has 1 fully saturated rings. The van der Waals surface area contributed by atoms with Crippen molar-refractivity contribution >= 4 is 44.8 Å². The largest absolute Gasteiger partial charge is 0.352 e. The number of likely N-dealkylation sites (tertiary alicyclic amines) is 1. The van der Waals surface area contributed by atoms with E-state index in [0.717, 1.165) is 31.5 Å². The van der Waals surface area contributed by atoms with Gasteiger partial charge in [-0.05, 0) is 61.7 Å². The van der Waals surface area contributed by atoms with E-state index < -0.39 is 10.0 Å². The van der Waals surface area contributed by atoms with Crippen molar-refractivity contribution in [1.29, 1.82) is 0 Å². The second-order valence-electron chi connectivity index (χ2n) is 8.11. The zero-order valence-corrected chi connectivity index (χ0v) is 20.5. The molecule has 0 aliphatic carbocycles. The summed E-state index contributed by atoms with van der Waals surface area (Å²) in [6, 6.07) is 13.0. The molecule has 2 aromatic carbocycles. The Morgan fingerprint density at radius 3 is 2.38 bits per heavy atom. The fraction of sp³-hybridized carbons (Fsp3) is 0.435. The van der Waals surface area contributed by atoms with E-state index in [9.17, 15) is 13.2 Å². The van der Waals surface area contributed by atoms with Crippen LogP contribution in [0.4, 0.5) is 5.69 Å². The van der Waals surface area contributed by atoms with Gasteiger partial charge in [-0.25, -0.2) is 8.42 Å². The SMILES string of the molecule is CS(=O)(=O)N(CCCC(=O)NCc1ccc(CN2CCCC2)cc1)c1cc(Cl)ccc1Cl. The number of nitrogens with one attached hydrogen (secondary N) is 1. The minimum atomic E-state index is -3.57. The van der Waals surface area contributed by atoms with Crippen LogP contribution >= 0.6 is 23.2 Å². The van der Waals surface area contributed by atoms with Gasteiger partial charge in [-0.1, -0.05) is 47.5 Å². The first-order valence-corrected chi connectivity index (χ1v) is 13.3. The first kappa shape index (κ1) is 24.8. The number of anilines is 1. The van der Waals surface area contributed by atoms with Crippen LogP contribution < -0.4 is 9.62 Å². The molecule has 0 spiro atoms. The molecule has 1 amide bonds. The van der Waals surface area contributed by atoms with E-state index in [1.54, 1.807) is 12.1 Å². The van der Waals surface area contributed by atoms with Gasteiger partial charge in [-0.15, -0.1) is 0 Å². The molecule has 1 aliphatic heterocycles. The fourth-order valence-corrected chi connectivity index (χ4v) is 5.18. The first-order chi connectivity index (χ1) is 15.2. The van der Waals surface area contributed by atoms with Crippen LogP contribution in [-0.4, -0.2) is 45.1 Å². The van der Waals surface area contributed by atoms with E-state index >= 15 is 0 Å². The lowest BCUT2D eigenvalue weighted by Gasteiger charge is -2.23. The second-order valence-corrected chi connectivity index (χ2v) is 10.9. The van der Waals surface area contributed by atoms with Crippen molar-refractivity contribution in [3.63, 3.8) is 0 Å². The second kappa shape index (κ2) is 11.4. The maximum atomic E-state index is 12.3. The molecule has 174 valence electrons. The molecule has 0 atom stereocenters. The van der Waals surface area contributed by atoms with Gasteiger partial charge < -0.3 is 5.32 Å². The Morgan fingerprint density at radius 1 is 1.06 bits per heavy atom. The van der Waals surface area contributed by atoms with Crippen LogP contribution in [0.1, 0.15) is 36.8 Å². The van der Waals surface area contributed by atoms with E-state index in [-0.39, 0.29) is 23.9 Å². The summed E-state index contributed by atoms with van der Waals surface area (Å²) in [4.78, 5) is 14.7. The lowest BCUT2D eigenvalue weighted by molar-refractivity contribution is -0.121. The Morgan fingerprint density at radius 2 is 1.72 bits per heavy atom. The smallest absolute Gasteiger partial charge is 0.232 e. The van der Waals surface area contributed by atoms with Crippen molar-refractivity contribution in [1.82, 2.24) is 10.2 Å². The van der Waals surface area contributed by atoms with E-state index in [4.69, 9.17) is 23.2 Å². The number of carbonyl (C=O) groups is 1. The zero-order valence-electron chi connectivity index (χ0n) is 18.2. The summed E-state index contributed by atoms with van der Waals surface area (Å²) in [5, 5.41) is 3.58. The summed E-state index contributed by atoms with van der Waals surface area (Å²) in [6.45, 7) is 3.88. The minimum absolute atomic E-state index is 0.128. The minimum Gasteiger partial charge on any atom is -0.352 e. The third-order valence-electron chi connectivity index (χ3n) is 5.46. The van der Waals surface area contributed by atoms with Gasteiger partial charge in [0.15, 0.2) is 0 Å². The number of carbonyl (C=O) groups excluding carboxylic acids is 1. The normalized spacial score (nSPS) is 14.5. The maximum Gasteiger partial charge on any atom is 0.232 e. The standard InChI is InChI=1S/C23H29Cl2N3O3S/c1-32(30,31)28(22-15-20(24)10-11-21(22)25)14-4-5-23(29)26-16-18-6-8-19(9-7-18)17-27-12-2-3-13-27/h6-11,15H,2-5,12-14,16-17H2,1H3,(H,26,29). The van der Waals surface area contributed by atoms with Gasteiger partial charge >= 0.3 is 0 Å². The molecule has 3 rings (SSSR count). The lowest BCUT2D eigenvalue weighted by atomic mass is 10.1. The Kier molecular flexibility index (Phi) is 8.82. The molecule has 0 saturated carbocycles. The summed E-state index contributed by atoms with van der Waals surface area (Å²) in [5.41, 5.74) is 2.63. The highest BCUT2D eigenvalue weighted by Gasteiger charge is 2.20. The van der Waals surface area contributed by atoms with Gasteiger partial charge in [0.2, 0.25) is 15.9 Å². The van der Waals surface area contributed by atoms with Crippen LogP contribution in [-0.2, 0) is 27.9 Å². The van der Waals surface area contributed by atoms with Gasteiger partial charge in [0.25, 0.3) is 0 Å². The van der Waals surface area contributed by atoms with Crippen molar-refractivity contribution in [2.24, 2.45) is 0 Å². The molecule has 1 heterocycles. The molecule has 1 aliphatic rings. The Labute approximate surface area is 200 Å². The highest BCUT2D eigenvalue weighted by Crippen LogP contribution is 2.30. The van der Waals surface area contributed by atoms with Crippen molar-refractivity contribution < 1.29 is 13.2 Å². The van der Waals surface area contributed by atoms with Crippen molar-refractivity contribution in [2.45, 2.75) is 38.8 Å². The number of sulfonamides is 1. The number of nitrogens with zero attached hydrogens (tertiary/aromatic N) is 2. The van der Waals surface area contributed by atoms with Crippen molar-refractivity contribution in [3.05, 3.63) is 63.6 Å². The van der Waals surface area contributed by atoms with E-state index in [1.165, 1.54) is 28.8 Å². The summed E-state index contributed by atoms with van der Waals surface area (Å²) >= 11 is 12.2. The van der Waals surface area contributed by atoms with Crippen LogP contribution in [0.3, 0.4) is 0 Å². The molecule has 0 unspecified atom stereocenters. The Balaban J connectivity index is 1.47. The summed E-state index contributed by atoms with van der Waals surface area (Å²) < 4.78 is 25.7. The first-order valence-electron chi connectivity index (χ1n) is 10.7. The van der Waals surface area contributed by atoms with E-state index in [2.05, 4.69) is 22.3 Å². The average Bonchev–Trinajstić information content (AvgIpc) is 3.25. The molecule has 0 radical (unpaired) electrons. The molecule has 32 heavy (non-hydrogen) atoms. The highest BCUT2D eigenvalue weighted by molar-refractivity contribution is 7.92. The Bertz CT molecular complexity index is 1020. The molecule has 1 saturated heterocycles. The number of hydrogen-bond acceptors (Lipinski definition) is 4. The topological polar surface area (TPSA) is 69.7 Å². The van der Waals surface area contributed by atoms with Gasteiger partial charge in [0.05, 0.1) is 17.0 Å². The molecule has 6 nitrogen and oxygen atoms in total. The third kappa shape index (κ3) is 7.37. The number of rotatable bonds is 10. The summed E-state index contributed by atoms with van der Waals surface area (Å²) in [6.07, 6.45) is 4.22. The Hall–Kier alpha value is -1.80. The number of amides is 1. The highest BCUT2D eigenvalue weighted by atomic mass is 35.5. The molecule has 1 N–H and O–H groups in total. The lowest BCUT2D eigenvalue weighted by Crippen LogP contribution is -2.32. The average molecular weight is 498 g/mol. The van der Waals surface area contributed by atoms with Crippen LogP contribution in [0.2, 0.25) is 10.0 Å². The molecule has 0 bridgehead atoms. The van der Waals surface area contributed by atoms with Crippen LogP contribution in [0.25, 0.3) is 0 Å². The molecule has 2 aromatic rings. The van der Waals surface area contributed by atoms with Gasteiger partial charge in [-0.2, -0.15) is 0 Å². The van der Waals surface area contributed by atoms with Crippen LogP contribution in [0, 0.1) is 0 Å². The fourth-order valence-electron chi connectivity index (χ4n) is 3.78. The van der Waals surface area contributed by atoms with E-state index in [1.807, 2.05) is 12.1 Å². The monoisotopic (exact) mass is 497 g/mol. The number of hydrogen-bond donors (Lipinski definition) is 1. The predicted molar refractivity (Wildman–Crippen MR) is 131 cm³/mol.